The first-order chi connectivity index (χ1) is 7.69. The summed E-state index contributed by atoms with van der Waals surface area (Å²) in [4.78, 5) is 11.7. The van der Waals surface area contributed by atoms with Crippen molar-refractivity contribution in [3.8, 4) is 0 Å². The highest BCUT2D eigenvalue weighted by Gasteiger charge is 2.48. The number of rotatable bonds is 3. The van der Waals surface area contributed by atoms with E-state index in [1.54, 1.807) is 0 Å². The highest BCUT2D eigenvalue weighted by Crippen LogP contribution is 2.51. The summed E-state index contributed by atoms with van der Waals surface area (Å²) in [6, 6.07) is 0. The zero-order valence-electron chi connectivity index (χ0n) is 10.4. The largest absolute Gasteiger partial charge is 0.481 e. The summed E-state index contributed by atoms with van der Waals surface area (Å²) in [5.41, 5.74) is -0.352. The van der Waals surface area contributed by atoms with Crippen molar-refractivity contribution in [3.05, 3.63) is 0 Å². The minimum absolute atomic E-state index is 0.352. The molecule has 2 nitrogen and oxygen atoms in total. The van der Waals surface area contributed by atoms with Gasteiger partial charge in [-0.15, -0.1) is 0 Å². The number of hydrogen-bond acceptors (Lipinski definition) is 1. The maximum absolute atomic E-state index is 11.7. The molecule has 2 saturated carbocycles. The Morgan fingerprint density at radius 2 is 1.94 bits per heavy atom. The van der Waals surface area contributed by atoms with Crippen LogP contribution in [0, 0.1) is 17.3 Å². The van der Waals surface area contributed by atoms with Gasteiger partial charge in [0.2, 0.25) is 0 Å². The smallest absolute Gasteiger partial charge is 0.309 e. The van der Waals surface area contributed by atoms with Gasteiger partial charge in [-0.25, -0.2) is 0 Å². The second-order valence-electron chi connectivity index (χ2n) is 5.81. The van der Waals surface area contributed by atoms with Gasteiger partial charge in [0.25, 0.3) is 0 Å². The minimum Gasteiger partial charge on any atom is -0.481 e. The molecule has 0 bridgehead atoms. The number of carboxylic acids is 1. The zero-order chi connectivity index (χ0) is 11.6. The summed E-state index contributed by atoms with van der Waals surface area (Å²) in [6.45, 7) is 2.21. The third kappa shape index (κ3) is 1.99. The van der Waals surface area contributed by atoms with Crippen LogP contribution in [0.1, 0.15) is 64.7 Å². The highest BCUT2D eigenvalue weighted by atomic mass is 16.4. The molecule has 0 heterocycles. The monoisotopic (exact) mass is 224 g/mol. The van der Waals surface area contributed by atoms with Crippen LogP contribution in [0.15, 0.2) is 0 Å². The maximum atomic E-state index is 11.7. The standard InChI is InChI=1S/C14H24O2/c1-2-11-6-5-9-14(10-11,13(15)16)12-7-3-4-8-12/h11-12H,2-10H2,1H3,(H,15,16). The Bertz CT molecular complexity index is 255. The lowest BCUT2D eigenvalue weighted by atomic mass is 9.62. The van der Waals surface area contributed by atoms with Gasteiger partial charge >= 0.3 is 5.97 Å². The van der Waals surface area contributed by atoms with E-state index >= 15 is 0 Å². The van der Waals surface area contributed by atoms with Crippen LogP contribution in [0.25, 0.3) is 0 Å². The molecule has 2 atom stereocenters. The lowest BCUT2D eigenvalue weighted by Gasteiger charge is -2.41. The van der Waals surface area contributed by atoms with Gasteiger partial charge in [-0.05, 0) is 37.5 Å². The van der Waals surface area contributed by atoms with Crippen molar-refractivity contribution in [3.63, 3.8) is 0 Å². The predicted molar refractivity (Wildman–Crippen MR) is 64.3 cm³/mol. The molecular weight excluding hydrogens is 200 g/mol. The third-order valence-corrected chi connectivity index (χ3v) is 5.03. The van der Waals surface area contributed by atoms with E-state index in [2.05, 4.69) is 6.92 Å². The molecule has 0 saturated heterocycles. The molecule has 2 aliphatic rings. The van der Waals surface area contributed by atoms with E-state index in [1.807, 2.05) is 0 Å². The average molecular weight is 224 g/mol. The van der Waals surface area contributed by atoms with Crippen LogP contribution in [0.5, 0.6) is 0 Å². The van der Waals surface area contributed by atoms with Gasteiger partial charge in [0.1, 0.15) is 0 Å². The molecule has 0 amide bonds. The lowest BCUT2D eigenvalue weighted by molar-refractivity contribution is -0.156. The number of aliphatic carboxylic acids is 1. The van der Waals surface area contributed by atoms with Crippen LogP contribution in [-0.2, 0) is 4.79 Å². The predicted octanol–water partition coefficient (Wildman–Crippen LogP) is 3.85. The van der Waals surface area contributed by atoms with Crippen LogP contribution in [-0.4, -0.2) is 11.1 Å². The number of carboxylic acid groups (broad SMARTS) is 1. The third-order valence-electron chi connectivity index (χ3n) is 5.03. The van der Waals surface area contributed by atoms with E-state index in [1.165, 1.54) is 19.3 Å². The van der Waals surface area contributed by atoms with Crippen LogP contribution < -0.4 is 0 Å². The van der Waals surface area contributed by atoms with Crippen LogP contribution in [0.4, 0.5) is 0 Å². The second-order valence-corrected chi connectivity index (χ2v) is 5.81. The molecule has 2 heteroatoms. The fourth-order valence-corrected chi connectivity index (χ4v) is 3.99. The Labute approximate surface area is 98.4 Å². The summed E-state index contributed by atoms with van der Waals surface area (Å²) < 4.78 is 0. The molecule has 2 aliphatic carbocycles. The van der Waals surface area contributed by atoms with Gasteiger partial charge in [0, 0.05) is 0 Å². The van der Waals surface area contributed by atoms with Gasteiger partial charge in [-0.2, -0.15) is 0 Å². The Hall–Kier alpha value is -0.530. The fraction of sp³-hybridized carbons (Fsp3) is 0.929. The van der Waals surface area contributed by atoms with Crippen LogP contribution in [0.2, 0.25) is 0 Å². The van der Waals surface area contributed by atoms with Gasteiger partial charge < -0.3 is 5.11 Å². The van der Waals surface area contributed by atoms with Crippen molar-refractivity contribution in [1.29, 1.82) is 0 Å². The van der Waals surface area contributed by atoms with Crippen molar-refractivity contribution >= 4 is 5.97 Å². The molecule has 0 spiro atoms. The molecule has 92 valence electrons. The molecule has 0 aromatic carbocycles. The summed E-state index contributed by atoms with van der Waals surface area (Å²) in [6.07, 6.45) is 10.2. The van der Waals surface area contributed by atoms with E-state index in [0.29, 0.717) is 11.8 Å². The normalized spacial score (nSPS) is 36.4. The average Bonchev–Trinajstić information content (AvgIpc) is 2.82. The lowest BCUT2D eigenvalue weighted by Crippen LogP contribution is -2.41. The van der Waals surface area contributed by atoms with E-state index in [9.17, 15) is 9.90 Å². The Morgan fingerprint density at radius 1 is 1.25 bits per heavy atom. The van der Waals surface area contributed by atoms with Crippen molar-refractivity contribution < 1.29 is 9.90 Å². The number of carbonyl (C=O) groups is 1. The molecule has 2 rings (SSSR count). The van der Waals surface area contributed by atoms with Crippen molar-refractivity contribution in [1.82, 2.24) is 0 Å². The Kier molecular flexibility index (Phi) is 3.56. The first-order valence-corrected chi connectivity index (χ1v) is 6.92. The van der Waals surface area contributed by atoms with Gasteiger partial charge in [-0.3, -0.25) is 4.79 Å². The fourth-order valence-electron chi connectivity index (χ4n) is 3.99. The first kappa shape index (κ1) is 11.9. The highest BCUT2D eigenvalue weighted by molar-refractivity contribution is 5.75. The van der Waals surface area contributed by atoms with Gasteiger partial charge in [0.15, 0.2) is 0 Å². The van der Waals surface area contributed by atoms with E-state index in [0.717, 1.165) is 38.5 Å². The second kappa shape index (κ2) is 4.77. The molecule has 0 aromatic heterocycles. The summed E-state index contributed by atoms with van der Waals surface area (Å²) in [5.74, 6) is 0.627. The number of hydrogen-bond donors (Lipinski definition) is 1. The molecule has 16 heavy (non-hydrogen) atoms. The SMILES string of the molecule is CCC1CCCC(C(=O)O)(C2CCCC2)C1. The topological polar surface area (TPSA) is 37.3 Å². The van der Waals surface area contributed by atoms with Gasteiger partial charge in [-0.1, -0.05) is 39.0 Å². The van der Waals surface area contributed by atoms with Crippen LogP contribution in [0.3, 0.4) is 0 Å². The Balaban J connectivity index is 2.16. The molecule has 2 fully saturated rings. The zero-order valence-corrected chi connectivity index (χ0v) is 10.4. The molecule has 0 aromatic rings. The van der Waals surface area contributed by atoms with Crippen molar-refractivity contribution in [2.75, 3.05) is 0 Å². The van der Waals surface area contributed by atoms with E-state index < -0.39 is 5.97 Å². The maximum Gasteiger partial charge on any atom is 0.309 e. The summed E-state index contributed by atoms with van der Waals surface area (Å²) in [5, 5.41) is 9.66. The summed E-state index contributed by atoms with van der Waals surface area (Å²) in [7, 11) is 0. The molecule has 0 aliphatic heterocycles. The van der Waals surface area contributed by atoms with Crippen molar-refractivity contribution in [2.45, 2.75) is 64.7 Å². The Morgan fingerprint density at radius 3 is 2.50 bits per heavy atom. The van der Waals surface area contributed by atoms with Gasteiger partial charge in [0.05, 0.1) is 5.41 Å². The van der Waals surface area contributed by atoms with E-state index in [-0.39, 0.29) is 5.41 Å². The molecule has 0 radical (unpaired) electrons. The quantitative estimate of drug-likeness (QED) is 0.790. The first-order valence-electron chi connectivity index (χ1n) is 6.92. The minimum atomic E-state index is -0.502. The summed E-state index contributed by atoms with van der Waals surface area (Å²) >= 11 is 0. The molecule has 1 N–H and O–H groups in total. The molecule has 2 unspecified atom stereocenters. The van der Waals surface area contributed by atoms with E-state index in [4.69, 9.17) is 0 Å². The van der Waals surface area contributed by atoms with Crippen molar-refractivity contribution in [2.24, 2.45) is 17.3 Å². The van der Waals surface area contributed by atoms with Crippen LogP contribution >= 0.6 is 0 Å². The molecular formula is C14H24O2.